The Labute approximate surface area is 124 Å². The zero-order chi connectivity index (χ0) is 15.4. The molecule has 0 radical (unpaired) electrons. The molecular weight excluding hydrogens is 266 g/mol. The van der Waals surface area contributed by atoms with Crippen molar-refractivity contribution in [3.63, 3.8) is 0 Å². The van der Waals surface area contributed by atoms with E-state index in [-0.39, 0.29) is 35.4 Å². The monoisotopic (exact) mass is 287 g/mol. The van der Waals surface area contributed by atoms with Crippen LogP contribution in [0.2, 0.25) is 0 Å². The number of carbonyl (C=O) groups excluding carboxylic acids is 2. The lowest BCUT2D eigenvalue weighted by Crippen LogP contribution is -2.40. The molecule has 1 heterocycles. The summed E-state index contributed by atoms with van der Waals surface area (Å²) in [6, 6.07) is 9.61. The molecule has 1 aromatic carbocycles. The standard InChI is InChI=1S/C17H21NO3/c1-10(12-8-6-5-7-9-12)18-14(19)17-13(16(17,3)4)11(2)21-15(17)20/h5-11,13H,1-4H3,(H,18,19)/t10-,11-,13+,17+/m1/s1. The van der Waals surface area contributed by atoms with E-state index in [1.165, 1.54) is 0 Å². The van der Waals surface area contributed by atoms with Gasteiger partial charge in [-0.3, -0.25) is 9.59 Å². The number of rotatable bonds is 3. The van der Waals surface area contributed by atoms with Crippen molar-refractivity contribution in [2.45, 2.75) is 39.8 Å². The minimum atomic E-state index is -1.00. The van der Waals surface area contributed by atoms with Gasteiger partial charge >= 0.3 is 5.97 Å². The molecule has 2 fully saturated rings. The molecule has 0 aromatic heterocycles. The van der Waals surface area contributed by atoms with Crippen molar-refractivity contribution in [3.8, 4) is 0 Å². The van der Waals surface area contributed by atoms with Crippen LogP contribution in [0.15, 0.2) is 30.3 Å². The summed E-state index contributed by atoms with van der Waals surface area (Å²) in [5.41, 5.74) is -0.311. The molecule has 1 saturated heterocycles. The first kappa shape index (κ1) is 14.1. The van der Waals surface area contributed by atoms with Gasteiger partial charge in [-0.05, 0) is 24.8 Å². The number of hydrogen-bond acceptors (Lipinski definition) is 3. The van der Waals surface area contributed by atoms with Crippen molar-refractivity contribution >= 4 is 11.9 Å². The molecule has 1 N–H and O–H groups in total. The predicted molar refractivity (Wildman–Crippen MR) is 78.3 cm³/mol. The van der Waals surface area contributed by atoms with E-state index in [4.69, 9.17) is 4.74 Å². The number of ether oxygens (including phenoxy) is 1. The molecular formula is C17H21NO3. The highest BCUT2D eigenvalue weighted by Gasteiger charge is 2.86. The molecule has 4 heteroatoms. The third kappa shape index (κ3) is 1.68. The van der Waals surface area contributed by atoms with Crippen molar-refractivity contribution < 1.29 is 14.3 Å². The Morgan fingerprint density at radius 3 is 2.43 bits per heavy atom. The maximum Gasteiger partial charge on any atom is 0.322 e. The summed E-state index contributed by atoms with van der Waals surface area (Å²) >= 11 is 0. The summed E-state index contributed by atoms with van der Waals surface area (Å²) in [6.45, 7) is 7.74. The van der Waals surface area contributed by atoms with Crippen LogP contribution in [-0.2, 0) is 14.3 Å². The molecule has 0 bridgehead atoms. The lowest BCUT2D eigenvalue weighted by atomic mass is 9.94. The van der Waals surface area contributed by atoms with Gasteiger partial charge in [-0.2, -0.15) is 0 Å². The quantitative estimate of drug-likeness (QED) is 0.686. The first-order valence-corrected chi connectivity index (χ1v) is 7.40. The van der Waals surface area contributed by atoms with E-state index in [0.717, 1.165) is 5.56 Å². The summed E-state index contributed by atoms with van der Waals surface area (Å²) in [5, 5.41) is 2.99. The van der Waals surface area contributed by atoms with Crippen molar-refractivity contribution in [2.24, 2.45) is 16.7 Å². The zero-order valence-corrected chi connectivity index (χ0v) is 12.8. The number of esters is 1. The van der Waals surface area contributed by atoms with Gasteiger partial charge in [-0.25, -0.2) is 0 Å². The van der Waals surface area contributed by atoms with Gasteiger partial charge < -0.3 is 10.1 Å². The van der Waals surface area contributed by atoms with E-state index in [0.29, 0.717) is 0 Å². The molecule has 3 rings (SSSR count). The number of benzene rings is 1. The lowest BCUT2D eigenvalue weighted by Gasteiger charge is -2.21. The first-order chi connectivity index (χ1) is 9.83. The van der Waals surface area contributed by atoms with Gasteiger partial charge in [0.1, 0.15) is 6.10 Å². The van der Waals surface area contributed by atoms with Crippen LogP contribution in [0.3, 0.4) is 0 Å². The van der Waals surface area contributed by atoms with E-state index in [9.17, 15) is 9.59 Å². The van der Waals surface area contributed by atoms with Crippen molar-refractivity contribution in [3.05, 3.63) is 35.9 Å². The Morgan fingerprint density at radius 2 is 1.90 bits per heavy atom. The summed E-state index contributed by atoms with van der Waals surface area (Å²) in [7, 11) is 0. The molecule has 4 atom stereocenters. The molecule has 1 amide bonds. The molecule has 112 valence electrons. The van der Waals surface area contributed by atoms with Gasteiger partial charge in [0.2, 0.25) is 5.91 Å². The largest absolute Gasteiger partial charge is 0.461 e. The van der Waals surface area contributed by atoms with Gasteiger partial charge in [-0.15, -0.1) is 0 Å². The van der Waals surface area contributed by atoms with Crippen LogP contribution in [0.1, 0.15) is 39.3 Å². The minimum absolute atomic E-state index is 0.0273. The summed E-state index contributed by atoms with van der Waals surface area (Å²) in [5.74, 6) is -0.605. The van der Waals surface area contributed by atoms with Gasteiger partial charge in [0.05, 0.1) is 6.04 Å². The summed E-state index contributed by atoms with van der Waals surface area (Å²) < 4.78 is 5.27. The van der Waals surface area contributed by atoms with Crippen LogP contribution in [0.25, 0.3) is 0 Å². The van der Waals surface area contributed by atoms with Crippen LogP contribution in [0.5, 0.6) is 0 Å². The van der Waals surface area contributed by atoms with Gasteiger partial charge in [-0.1, -0.05) is 44.2 Å². The highest BCUT2D eigenvalue weighted by Crippen LogP contribution is 2.74. The Morgan fingerprint density at radius 1 is 1.29 bits per heavy atom. The molecule has 0 unspecified atom stereocenters. The number of cyclic esters (lactones) is 1. The van der Waals surface area contributed by atoms with E-state index in [1.807, 2.05) is 58.0 Å². The smallest absolute Gasteiger partial charge is 0.322 e. The normalized spacial score (nSPS) is 33.8. The fourth-order valence-corrected chi connectivity index (χ4v) is 4.12. The number of hydrogen-bond donors (Lipinski definition) is 1. The van der Waals surface area contributed by atoms with Crippen LogP contribution in [-0.4, -0.2) is 18.0 Å². The van der Waals surface area contributed by atoms with Crippen LogP contribution < -0.4 is 5.32 Å². The molecule has 0 spiro atoms. The molecule has 4 nitrogen and oxygen atoms in total. The molecule has 1 aliphatic heterocycles. The zero-order valence-electron chi connectivity index (χ0n) is 12.8. The lowest BCUT2D eigenvalue weighted by molar-refractivity contribution is -0.154. The number of nitrogens with one attached hydrogen (secondary N) is 1. The molecule has 21 heavy (non-hydrogen) atoms. The summed E-state index contributed by atoms with van der Waals surface area (Å²) in [4.78, 5) is 25.0. The second-order valence-electron chi connectivity index (χ2n) is 6.72. The number of fused-ring (bicyclic) bond motifs is 1. The molecule has 2 aliphatic rings. The van der Waals surface area contributed by atoms with E-state index >= 15 is 0 Å². The highest BCUT2D eigenvalue weighted by atomic mass is 16.6. The SMILES string of the molecule is C[C@@H](NC(=O)[C@]12C(=O)O[C@H](C)[C@H]1C2(C)C)c1ccccc1. The average Bonchev–Trinajstić information content (AvgIpc) is 2.82. The number of carbonyl (C=O) groups is 2. The van der Waals surface area contributed by atoms with Crippen LogP contribution in [0, 0.1) is 16.7 Å². The predicted octanol–water partition coefficient (Wildman–Crippen LogP) is 2.45. The van der Waals surface area contributed by atoms with E-state index < -0.39 is 5.41 Å². The maximum atomic E-state index is 12.8. The third-order valence-electron chi connectivity index (χ3n) is 5.27. The number of amides is 1. The van der Waals surface area contributed by atoms with Crippen molar-refractivity contribution in [2.75, 3.05) is 0 Å². The van der Waals surface area contributed by atoms with E-state index in [1.54, 1.807) is 0 Å². The van der Waals surface area contributed by atoms with Crippen molar-refractivity contribution in [1.82, 2.24) is 5.32 Å². The molecule has 1 aromatic rings. The highest BCUT2D eigenvalue weighted by molar-refractivity contribution is 6.09. The maximum absolute atomic E-state index is 12.8. The Kier molecular flexibility index (Phi) is 2.91. The first-order valence-electron chi connectivity index (χ1n) is 7.40. The third-order valence-corrected chi connectivity index (χ3v) is 5.27. The van der Waals surface area contributed by atoms with Crippen LogP contribution >= 0.6 is 0 Å². The topological polar surface area (TPSA) is 55.4 Å². The Hall–Kier alpha value is -1.84. The fourth-order valence-electron chi connectivity index (χ4n) is 4.12. The average molecular weight is 287 g/mol. The Balaban J connectivity index is 1.82. The van der Waals surface area contributed by atoms with E-state index in [2.05, 4.69) is 5.32 Å². The van der Waals surface area contributed by atoms with Crippen molar-refractivity contribution in [1.29, 1.82) is 0 Å². The van der Waals surface area contributed by atoms with Gasteiger partial charge in [0.15, 0.2) is 5.41 Å². The second kappa shape index (κ2) is 4.33. The van der Waals surface area contributed by atoms with Crippen LogP contribution in [0.4, 0.5) is 0 Å². The second-order valence-corrected chi connectivity index (χ2v) is 6.72. The van der Waals surface area contributed by atoms with Gasteiger partial charge in [0.25, 0.3) is 0 Å². The van der Waals surface area contributed by atoms with Gasteiger partial charge in [0, 0.05) is 5.92 Å². The Bertz CT molecular complexity index is 595. The minimum Gasteiger partial charge on any atom is -0.461 e. The summed E-state index contributed by atoms with van der Waals surface area (Å²) in [6.07, 6.45) is -0.190. The fraction of sp³-hybridized carbons (Fsp3) is 0.529. The molecule has 1 aliphatic carbocycles. The molecule has 1 saturated carbocycles.